The Labute approximate surface area is 188 Å². The smallest absolute Gasteiger partial charge is 0.0805 e. The molecule has 148 valence electrons. The van der Waals surface area contributed by atoms with Crippen molar-refractivity contribution in [2.45, 2.75) is 6.42 Å². The lowest BCUT2D eigenvalue weighted by atomic mass is 10.1. The molecule has 4 aromatic heterocycles. The zero-order valence-corrected chi connectivity index (χ0v) is 18.3. The molecule has 0 saturated carbocycles. The van der Waals surface area contributed by atoms with Gasteiger partial charge in [0.15, 0.2) is 0 Å². The Hall–Kier alpha value is -3.34. The summed E-state index contributed by atoms with van der Waals surface area (Å²) in [5.41, 5.74) is 4.13. The Morgan fingerprint density at radius 3 is 1.48 bits per heavy atom. The summed E-state index contributed by atoms with van der Waals surface area (Å²) in [4.78, 5) is 12.3. The van der Waals surface area contributed by atoms with E-state index in [-0.39, 0.29) is 0 Å². The first-order valence-corrected chi connectivity index (χ1v) is 11.8. The molecule has 0 aliphatic carbocycles. The molecule has 0 atom stereocenters. The number of nitrogens with zero attached hydrogens (tertiary/aromatic N) is 2. The minimum atomic E-state index is 0.720. The van der Waals surface area contributed by atoms with Crippen LogP contribution in [0.3, 0.4) is 0 Å². The number of aromatic nitrogens is 2. The van der Waals surface area contributed by atoms with Gasteiger partial charge in [0, 0.05) is 27.2 Å². The molecule has 6 rings (SSSR count). The van der Waals surface area contributed by atoms with Gasteiger partial charge in [-0.05, 0) is 59.3 Å². The maximum atomic E-state index is 4.94. The second kappa shape index (κ2) is 7.73. The Morgan fingerprint density at radius 2 is 1.00 bits per heavy atom. The van der Waals surface area contributed by atoms with E-state index in [0.29, 0.717) is 0 Å². The van der Waals surface area contributed by atoms with Gasteiger partial charge in [-0.15, -0.1) is 22.7 Å². The maximum absolute atomic E-state index is 4.94. The van der Waals surface area contributed by atoms with E-state index in [0.717, 1.165) is 29.2 Å². The number of hydrogen-bond acceptors (Lipinski definition) is 4. The standard InChI is InChI=1S/C27H18N2S2/c1-3-13-24-18(7-1)15-26(30-24)22-11-5-9-20(28-22)17-21-10-6-12-23(29-21)27-16-19-8-2-4-14-25(19)31-27/h1-16H,17H2. The van der Waals surface area contributed by atoms with E-state index in [1.54, 1.807) is 22.7 Å². The average molecular weight is 435 g/mol. The van der Waals surface area contributed by atoms with Crippen LogP contribution in [0.15, 0.2) is 97.1 Å². The number of thiophene rings is 2. The van der Waals surface area contributed by atoms with Crippen molar-refractivity contribution in [1.29, 1.82) is 0 Å². The molecule has 0 bridgehead atoms. The van der Waals surface area contributed by atoms with Gasteiger partial charge in [-0.3, -0.25) is 9.97 Å². The van der Waals surface area contributed by atoms with Crippen LogP contribution in [0.1, 0.15) is 11.4 Å². The number of benzene rings is 2. The van der Waals surface area contributed by atoms with Gasteiger partial charge in [0.05, 0.1) is 21.1 Å². The van der Waals surface area contributed by atoms with Crippen LogP contribution in [0.25, 0.3) is 41.3 Å². The molecule has 4 heteroatoms. The van der Waals surface area contributed by atoms with Crippen molar-refractivity contribution in [1.82, 2.24) is 9.97 Å². The first-order valence-electron chi connectivity index (χ1n) is 10.2. The van der Waals surface area contributed by atoms with Gasteiger partial charge in [0.25, 0.3) is 0 Å². The highest BCUT2D eigenvalue weighted by molar-refractivity contribution is 7.22. The molecular formula is C27H18N2S2. The van der Waals surface area contributed by atoms with Crippen molar-refractivity contribution in [3.63, 3.8) is 0 Å². The lowest BCUT2D eigenvalue weighted by Crippen LogP contribution is -1.96. The van der Waals surface area contributed by atoms with Crippen LogP contribution in [0.5, 0.6) is 0 Å². The first kappa shape index (κ1) is 18.4. The lowest BCUT2D eigenvalue weighted by Gasteiger charge is -2.05. The van der Waals surface area contributed by atoms with Gasteiger partial charge in [-0.1, -0.05) is 48.5 Å². The predicted octanol–water partition coefficient (Wildman–Crippen LogP) is 7.83. The summed E-state index contributed by atoms with van der Waals surface area (Å²) in [6.45, 7) is 0. The molecule has 0 radical (unpaired) electrons. The molecule has 2 aromatic carbocycles. The Bertz CT molecular complexity index is 1350. The molecule has 0 N–H and O–H groups in total. The predicted molar refractivity (Wildman–Crippen MR) is 133 cm³/mol. The van der Waals surface area contributed by atoms with Gasteiger partial charge in [0.2, 0.25) is 0 Å². The molecule has 0 fully saturated rings. The molecule has 0 spiro atoms. The summed E-state index contributed by atoms with van der Waals surface area (Å²) < 4.78 is 2.59. The summed E-state index contributed by atoms with van der Waals surface area (Å²) >= 11 is 3.58. The van der Waals surface area contributed by atoms with Crippen molar-refractivity contribution in [3.05, 3.63) is 108 Å². The van der Waals surface area contributed by atoms with Crippen molar-refractivity contribution in [2.75, 3.05) is 0 Å². The van der Waals surface area contributed by atoms with Gasteiger partial charge < -0.3 is 0 Å². The number of rotatable bonds is 4. The number of hydrogen-bond donors (Lipinski definition) is 0. The molecule has 0 aliphatic heterocycles. The fourth-order valence-corrected chi connectivity index (χ4v) is 5.90. The summed E-state index contributed by atoms with van der Waals surface area (Å²) in [5.74, 6) is 0. The van der Waals surface area contributed by atoms with Crippen LogP contribution in [-0.2, 0) is 6.42 Å². The van der Waals surface area contributed by atoms with E-state index >= 15 is 0 Å². The van der Waals surface area contributed by atoms with E-state index in [9.17, 15) is 0 Å². The monoisotopic (exact) mass is 434 g/mol. The van der Waals surface area contributed by atoms with E-state index in [1.165, 1.54) is 29.9 Å². The van der Waals surface area contributed by atoms with Crippen LogP contribution in [-0.4, -0.2) is 9.97 Å². The van der Waals surface area contributed by atoms with E-state index in [2.05, 4.69) is 97.1 Å². The topological polar surface area (TPSA) is 25.8 Å². The Kier molecular flexibility index (Phi) is 4.59. The largest absolute Gasteiger partial charge is 0.252 e. The van der Waals surface area contributed by atoms with Crippen LogP contribution in [0, 0.1) is 0 Å². The van der Waals surface area contributed by atoms with Crippen LogP contribution < -0.4 is 0 Å². The average Bonchev–Trinajstić information content (AvgIpc) is 3.44. The fourth-order valence-electron chi connectivity index (χ4n) is 3.83. The Balaban J connectivity index is 1.30. The molecule has 2 nitrogen and oxygen atoms in total. The zero-order chi connectivity index (χ0) is 20.6. The highest BCUT2D eigenvalue weighted by atomic mass is 32.1. The molecule has 0 aliphatic rings. The summed E-state index contributed by atoms with van der Waals surface area (Å²) in [6, 6.07) is 34.0. The highest BCUT2D eigenvalue weighted by Gasteiger charge is 2.09. The van der Waals surface area contributed by atoms with Gasteiger partial charge in [0.1, 0.15) is 0 Å². The molecule has 0 unspecified atom stereocenters. The first-order chi connectivity index (χ1) is 15.3. The molecular weight excluding hydrogens is 416 g/mol. The highest BCUT2D eigenvalue weighted by Crippen LogP contribution is 2.34. The van der Waals surface area contributed by atoms with Crippen LogP contribution in [0.2, 0.25) is 0 Å². The zero-order valence-electron chi connectivity index (χ0n) is 16.7. The summed E-state index contributed by atoms with van der Waals surface area (Å²) in [5, 5.41) is 2.54. The quantitative estimate of drug-likeness (QED) is 0.282. The normalized spacial score (nSPS) is 11.4. The van der Waals surface area contributed by atoms with Crippen molar-refractivity contribution in [3.8, 4) is 21.1 Å². The minimum absolute atomic E-state index is 0.720. The minimum Gasteiger partial charge on any atom is -0.252 e. The lowest BCUT2D eigenvalue weighted by molar-refractivity contribution is 1.02. The van der Waals surface area contributed by atoms with Gasteiger partial charge in [-0.25, -0.2) is 0 Å². The summed E-state index contributed by atoms with van der Waals surface area (Å²) in [6.07, 6.45) is 0.720. The Morgan fingerprint density at radius 1 is 0.516 bits per heavy atom. The van der Waals surface area contributed by atoms with E-state index in [4.69, 9.17) is 9.97 Å². The summed E-state index contributed by atoms with van der Waals surface area (Å²) in [7, 11) is 0. The molecule has 6 aromatic rings. The third-order valence-electron chi connectivity index (χ3n) is 5.33. The van der Waals surface area contributed by atoms with Crippen molar-refractivity contribution >= 4 is 42.8 Å². The second-order valence-corrected chi connectivity index (χ2v) is 9.67. The third-order valence-corrected chi connectivity index (χ3v) is 7.61. The molecule has 0 amide bonds. The van der Waals surface area contributed by atoms with Gasteiger partial charge >= 0.3 is 0 Å². The second-order valence-electron chi connectivity index (χ2n) is 7.50. The van der Waals surface area contributed by atoms with E-state index in [1.807, 2.05) is 0 Å². The maximum Gasteiger partial charge on any atom is 0.0805 e. The van der Waals surface area contributed by atoms with Gasteiger partial charge in [-0.2, -0.15) is 0 Å². The van der Waals surface area contributed by atoms with Crippen molar-refractivity contribution < 1.29 is 0 Å². The fraction of sp³-hybridized carbons (Fsp3) is 0.0370. The molecule has 0 saturated heterocycles. The third kappa shape index (κ3) is 3.65. The molecule has 4 heterocycles. The van der Waals surface area contributed by atoms with Crippen molar-refractivity contribution in [2.24, 2.45) is 0 Å². The SMILES string of the molecule is c1cc(Cc2cccc(-c3cc4ccccc4s3)n2)nc(-c2cc3ccccc3s2)c1. The number of pyridine rings is 2. The van der Waals surface area contributed by atoms with Crippen LogP contribution in [0.4, 0.5) is 0 Å². The number of fused-ring (bicyclic) bond motifs is 2. The van der Waals surface area contributed by atoms with Crippen LogP contribution >= 0.6 is 22.7 Å². The molecule has 31 heavy (non-hydrogen) atoms. The van der Waals surface area contributed by atoms with E-state index < -0.39 is 0 Å².